The van der Waals surface area contributed by atoms with Gasteiger partial charge in [0, 0.05) is 0 Å². The Morgan fingerprint density at radius 2 is 1.93 bits per heavy atom. The van der Waals surface area contributed by atoms with E-state index in [9.17, 15) is 24.8 Å². The zero-order valence-corrected chi connectivity index (χ0v) is 24.9. The van der Waals surface area contributed by atoms with Crippen LogP contribution in [0.4, 0.5) is 10.6 Å². The number of hydrogen-bond acceptors (Lipinski definition) is 13. The van der Waals surface area contributed by atoms with Gasteiger partial charge >= 0.3 is 18.0 Å². The van der Waals surface area contributed by atoms with Crippen molar-refractivity contribution >= 4 is 29.4 Å². The highest BCUT2D eigenvalue weighted by molar-refractivity contribution is 5.88. The largest absolute Gasteiger partial charge is 0.463 e. The molecule has 4 N–H and O–H groups in total. The number of anilines is 1. The third-order valence-corrected chi connectivity index (χ3v) is 6.99. The smallest absolute Gasteiger partial charge is 0.415 e. The lowest BCUT2D eigenvalue weighted by atomic mass is 9.92. The Labute approximate surface area is 258 Å². The molecule has 0 radical (unpaired) electrons. The molecule has 3 aromatic rings. The second kappa shape index (κ2) is 14.2. The summed E-state index contributed by atoms with van der Waals surface area (Å²) in [7, 11) is 0. The van der Waals surface area contributed by atoms with Crippen LogP contribution in [0.3, 0.4) is 0 Å². The molecule has 0 unspecified atom stereocenters. The Morgan fingerprint density at radius 1 is 1.20 bits per heavy atom. The predicted molar refractivity (Wildman–Crippen MR) is 156 cm³/mol. The second-order valence-corrected chi connectivity index (χ2v) is 10.6. The van der Waals surface area contributed by atoms with Crippen molar-refractivity contribution in [3.05, 3.63) is 72.4 Å². The molecule has 15 heteroatoms. The normalized spacial score (nSPS) is 21.5. The minimum atomic E-state index is -2.17. The topological polar surface area (TPSA) is 210 Å². The number of carbonyl (C=O) groups is 3. The molecule has 1 fully saturated rings. The molecule has 1 saturated heterocycles. The number of aliphatic hydroxyl groups excluding tert-OH is 1. The lowest BCUT2D eigenvalue weighted by molar-refractivity contribution is -0.162. The van der Waals surface area contributed by atoms with Crippen LogP contribution in [0.5, 0.6) is 0 Å². The summed E-state index contributed by atoms with van der Waals surface area (Å²) in [5, 5.41) is 28.6. The second-order valence-electron chi connectivity index (χ2n) is 10.6. The van der Waals surface area contributed by atoms with Crippen LogP contribution in [-0.4, -0.2) is 75.5 Å². The van der Waals surface area contributed by atoms with Gasteiger partial charge in [0.05, 0.1) is 17.9 Å². The van der Waals surface area contributed by atoms with E-state index >= 15 is 0 Å². The molecule has 1 aromatic carbocycles. The number of allylic oxidation sites excluding steroid dienone is 1. The number of nitrogens with zero attached hydrogens (tertiary/aromatic N) is 4. The number of carbonyl (C=O) groups excluding carboxylic acids is 3. The minimum Gasteiger partial charge on any atom is -0.463 e. The summed E-state index contributed by atoms with van der Waals surface area (Å²) < 4.78 is 28.3. The molecule has 1 aliphatic rings. The van der Waals surface area contributed by atoms with Crippen LogP contribution >= 0.6 is 0 Å². The molecule has 45 heavy (non-hydrogen) atoms. The molecule has 4 rings (SSSR count). The zero-order valence-electron chi connectivity index (χ0n) is 24.9. The first kappa shape index (κ1) is 32.9. The van der Waals surface area contributed by atoms with E-state index in [1.165, 1.54) is 16.6 Å². The number of esters is 2. The van der Waals surface area contributed by atoms with Crippen molar-refractivity contribution < 1.29 is 43.2 Å². The van der Waals surface area contributed by atoms with Gasteiger partial charge in [0.1, 0.15) is 42.8 Å². The van der Waals surface area contributed by atoms with E-state index < -0.39 is 54.6 Å². The fraction of sp³-hybridized carbons (Fsp3) is 0.400. The van der Waals surface area contributed by atoms with Crippen LogP contribution in [-0.2, 0) is 45.3 Å². The van der Waals surface area contributed by atoms with E-state index in [2.05, 4.69) is 22.0 Å². The van der Waals surface area contributed by atoms with Crippen LogP contribution in [0.15, 0.2) is 61.1 Å². The van der Waals surface area contributed by atoms with E-state index in [0.29, 0.717) is 11.3 Å². The van der Waals surface area contributed by atoms with Crippen LogP contribution < -0.4 is 11.1 Å². The Balaban J connectivity index is 1.62. The van der Waals surface area contributed by atoms with Gasteiger partial charge in [0.15, 0.2) is 11.9 Å². The predicted octanol–water partition coefficient (Wildman–Crippen LogP) is 1.95. The van der Waals surface area contributed by atoms with Gasteiger partial charge < -0.3 is 34.5 Å². The van der Waals surface area contributed by atoms with Gasteiger partial charge in [-0.05, 0) is 30.5 Å². The van der Waals surface area contributed by atoms with Gasteiger partial charge in [0.2, 0.25) is 12.4 Å². The van der Waals surface area contributed by atoms with Crippen molar-refractivity contribution in [2.75, 3.05) is 18.7 Å². The average molecular weight is 623 g/mol. The Morgan fingerprint density at radius 3 is 2.60 bits per heavy atom. The van der Waals surface area contributed by atoms with Crippen molar-refractivity contribution in [2.45, 2.75) is 57.1 Å². The van der Waals surface area contributed by atoms with Gasteiger partial charge in [-0.25, -0.2) is 14.3 Å². The molecule has 0 saturated carbocycles. The van der Waals surface area contributed by atoms with Crippen molar-refractivity contribution in [3.8, 4) is 6.07 Å². The van der Waals surface area contributed by atoms with Gasteiger partial charge in [-0.15, -0.1) is 0 Å². The zero-order chi connectivity index (χ0) is 32.7. The van der Waals surface area contributed by atoms with Gasteiger partial charge in [-0.1, -0.05) is 50.8 Å². The van der Waals surface area contributed by atoms with Crippen LogP contribution in [0.1, 0.15) is 32.0 Å². The number of hydrogen-bond donors (Lipinski definition) is 3. The Hall–Kier alpha value is -5.04. The molecule has 15 nitrogen and oxygen atoms in total. The first-order valence-electron chi connectivity index (χ1n) is 13.9. The lowest BCUT2D eigenvalue weighted by Crippen LogP contribution is -2.46. The first-order chi connectivity index (χ1) is 21.5. The summed E-state index contributed by atoms with van der Waals surface area (Å²) in [6.45, 7) is 7.73. The first-order valence-corrected chi connectivity index (χ1v) is 13.9. The monoisotopic (exact) mass is 622 g/mol. The third kappa shape index (κ3) is 7.37. The third-order valence-electron chi connectivity index (χ3n) is 6.99. The van der Waals surface area contributed by atoms with Crippen LogP contribution in [0.2, 0.25) is 0 Å². The molecule has 5 atom stereocenters. The minimum absolute atomic E-state index is 0.00873. The quantitative estimate of drug-likeness (QED) is 0.114. The number of rotatable bonds is 12. The van der Waals surface area contributed by atoms with Crippen molar-refractivity contribution in [2.24, 2.45) is 11.7 Å². The summed E-state index contributed by atoms with van der Waals surface area (Å²) in [6.07, 6.45) is -4.34. The van der Waals surface area contributed by atoms with E-state index in [0.717, 1.165) is 6.33 Å². The maximum absolute atomic E-state index is 12.9. The molecule has 3 heterocycles. The van der Waals surface area contributed by atoms with E-state index in [1.54, 1.807) is 45.0 Å². The molecule has 1 amide bonds. The number of aromatic nitrogens is 3. The number of fused-ring (bicyclic) bond motifs is 1. The van der Waals surface area contributed by atoms with Crippen molar-refractivity contribution in [1.29, 1.82) is 5.26 Å². The van der Waals surface area contributed by atoms with E-state index in [4.69, 9.17) is 29.4 Å². The SMILES string of the molecule is C=C(C)OCOC(=O)Nc1ncnn2c([C@]3(C#N)O[C@H](COC(=O)Cc4ccccc4)[C@@H](OC(=O)[C@@H](N)C(C)C)[C@H]3O)ccc12. The number of benzene rings is 1. The highest BCUT2D eigenvalue weighted by atomic mass is 16.7. The summed E-state index contributed by atoms with van der Waals surface area (Å²) >= 11 is 0. The van der Waals surface area contributed by atoms with E-state index in [-0.39, 0.29) is 36.2 Å². The number of nitrogens with two attached hydrogens (primary N) is 1. The van der Waals surface area contributed by atoms with Crippen molar-refractivity contribution in [3.63, 3.8) is 0 Å². The van der Waals surface area contributed by atoms with Gasteiger partial charge in [0.25, 0.3) is 0 Å². The maximum atomic E-state index is 12.9. The molecule has 238 valence electrons. The highest BCUT2D eigenvalue weighted by Crippen LogP contribution is 2.42. The fourth-order valence-corrected chi connectivity index (χ4v) is 4.54. The molecule has 2 aromatic heterocycles. The number of nitrogens with one attached hydrogen (secondary N) is 1. The fourth-order valence-electron chi connectivity index (χ4n) is 4.54. The van der Waals surface area contributed by atoms with Gasteiger partial charge in [-0.2, -0.15) is 10.4 Å². The lowest BCUT2D eigenvalue weighted by Gasteiger charge is -2.25. The number of amides is 1. The Bertz CT molecular complexity index is 1590. The summed E-state index contributed by atoms with van der Waals surface area (Å²) in [5.74, 6) is -1.38. The number of ether oxygens (including phenoxy) is 5. The van der Waals surface area contributed by atoms with Crippen LogP contribution in [0.25, 0.3) is 5.52 Å². The number of aliphatic hydroxyl groups is 1. The molecule has 0 spiro atoms. The van der Waals surface area contributed by atoms with E-state index in [1.807, 2.05) is 12.1 Å². The molecule has 0 bridgehead atoms. The molecular weight excluding hydrogens is 588 g/mol. The molecule has 1 aliphatic heterocycles. The van der Waals surface area contributed by atoms with Crippen molar-refractivity contribution in [1.82, 2.24) is 14.6 Å². The Kier molecular flexibility index (Phi) is 10.3. The maximum Gasteiger partial charge on any atom is 0.415 e. The highest BCUT2D eigenvalue weighted by Gasteiger charge is 2.60. The summed E-state index contributed by atoms with van der Waals surface area (Å²) in [5.41, 5.74) is 4.75. The molecular formula is C30H34N6O9. The van der Waals surface area contributed by atoms with Crippen LogP contribution in [0, 0.1) is 17.2 Å². The standard InChI is InChI=1S/C30H34N6O9/c1-17(2)24(32)28(39)44-25-21(13-41-23(37)12-19-8-6-5-7-9-19)45-30(14-31,26(25)38)22-11-10-20-27(33-15-34-36(20)22)35-29(40)43-16-42-18(3)4/h5-11,15,17,21,24-26,38H,3,12-13,16,32H2,1-2,4H3,(H,33,34,35,40)/t21-,24+,25-,26-,30+/m1/s1. The summed E-state index contributed by atoms with van der Waals surface area (Å²) in [6, 6.07) is 12.7. The number of nitriles is 1. The average Bonchev–Trinajstić information content (AvgIpc) is 3.56. The molecule has 0 aliphatic carbocycles. The summed E-state index contributed by atoms with van der Waals surface area (Å²) in [4.78, 5) is 41.8. The van der Waals surface area contributed by atoms with Gasteiger partial charge in [-0.3, -0.25) is 14.9 Å².